The van der Waals surface area contributed by atoms with Gasteiger partial charge >= 0.3 is 12.1 Å². The maximum atomic E-state index is 12.4. The number of hydrogen-bond acceptors (Lipinski definition) is 6. The second-order valence-corrected chi connectivity index (χ2v) is 6.55. The molecule has 0 aromatic heterocycles. The van der Waals surface area contributed by atoms with E-state index in [2.05, 4.69) is 10.1 Å². The number of amides is 2. The van der Waals surface area contributed by atoms with E-state index >= 15 is 0 Å². The standard InChI is InChI=1S/C19H26N2O6/c1-13(22)16(18(24)26-2)20-17(23)15-8-10-21(11-9-15)19(25)27-12-14-6-4-3-5-7-14/h3-7,13,15-16,22H,8-12H2,1-2H3,(H,20,23)/t13-,16-/m1/s1. The summed E-state index contributed by atoms with van der Waals surface area (Å²) in [4.78, 5) is 37.7. The summed E-state index contributed by atoms with van der Waals surface area (Å²) in [5.74, 6) is -1.36. The summed E-state index contributed by atoms with van der Waals surface area (Å²) < 4.78 is 9.89. The lowest BCUT2D eigenvalue weighted by Gasteiger charge is -2.31. The minimum absolute atomic E-state index is 0.204. The van der Waals surface area contributed by atoms with Crippen LogP contribution in [-0.4, -0.2) is 60.3 Å². The summed E-state index contributed by atoms with van der Waals surface area (Å²) in [7, 11) is 1.20. The topological polar surface area (TPSA) is 105 Å². The summed E-state index contributed by atoms with van der Waals surface area (Å²) in [6.45, 7) is 2.40. The van der Waals surface area contributed by atoms with Crippen LogP contribution in [0, 0.1) is 5.92 Å². The zero-order valence-electron chi connectivity index (χ0n) is 15.6. The van der Waals surface area contributed by atoms with Crippen LogP contribution in [0.3, 0.4) is 0 Å². The fourth-order valence-corrected chi connectivity index (χ4v) is 2.91. The molecule has 1 aromatic carbocycles. The molecule has 0 radical (unpaired) electrons. The number of nitrogens with zero attached hydrogens (tertiary/aromatic N) is 1. The van der Waals surface area contributed by atoms with E-state index in [-0.39, 0.29) is 18.4 Å². The van der Waals surface area contributed by atoms with Gasteiger partial charge in [-0.2, -0.15) is 0 Å². The summed E-state index contributed by atoms with van der Waals surface area (Å²) in [5, 5.41) is 12.2. The summed E-state index contributed by atoms with van der Waals surface area (Å²) in [5.41, 5.74) is 0.909. The van der Waals surface area contributed by atoms with E-state index in [1.165, 1.54) is 14.0 Å². The van der Waals surface area contributed by atoms with Crippen molar-refractivity contribution in [3.05, 3.63) is 35.9 Å². The third-order valence-corrected chi connectivity index (χ3v) is 4.56. The number of nitrogens with one attached hydrogen (secondary N) is 1. The van der Waals surface area contributed by atoms with E-state index in [0.29, 0.717) is 25.9 Å². The number of carbonyl (C=O) groups is 3. The molecule has 2 rings (SSSR count). The van der Waals surface area contributed by atoms with Gasteiger partial charge in [-0.1, -0.05) is 30.3 Å². The Bertz CT molecular complexity index is 641. The predicted molar refractivity (Wildman–Crippen MR) is 96.6 cm³/mol. The highest BCUT2D eigenvalue weighted by molar-refractivity contribution is 5.86. The Kier molecular flexibility index (Phi) is 7.60. The molecule has 0 aliphatic carbocycles. The zero-order valence-corrected chi connectivity index (χ0v) is 15.6. The molecule has 148 valence electrons. The van der Waals surface area contributed by atoms with E-state index in [9.17, 15) is 19.5 Å². The summed E-state index contributed by atoms with van der Waals surface area (Å²) >= 11 is 0. The van der Waals surface area contributed by atoms with Gasteiger partial charge in [-0.15, -0.1) is 0 Å². The van der Waals surface area contributed by atoms with E-state index in [4.69, 9.17) is 4.74 Å². The Morgan fingerprint density at radius 3 is 2.41 bits per heavy atom. The van der Waals surface area contributed by atoms with E-state index in [1.54, 1.807) is 4.90 Å². The number of rotatable bonds is 6. The van der Waals surface area contributed by atoms with Crippen molar-refractivity contribution >= 4 is 18.0 Å². The number of likely N-dealkylation sites (tertiary alicyclic amines) is 1. The first-order valence-corrected chi connectivity index (χ1v) is 8.94. The van der Waals surface area contributed by atoms with Crippen molar-refractivity contribution in [1.29, 1.82) is 0 Å². The first-order chi connectivity index (χ1) is 12.9. The molecule has 2 amide bonds. The molecule has 1 aromatic rings. The third-order valence-electron chi connectivity index (χ3n) is 4.56. The number of ether oxygens (including phenoxy) is 2. The van der Waals surface area contributed by atoms with Crippen LogP contribution in [0.25, 0.3) is 0 Å². The van der Waals surface area contributed by atoms with Gasteiger partial charge in [-0.3, -0.25) is 4.79 Å². The molecule has 0 unspecified atom stereocenters. The van der Waals surface area contributed by atoms with Crippen molar-refractivity contribution < 1.29 is 29.0 Å². The van der Waals surface area contributed by atoms with Crippen LogP contribution in [0.2, 0.25) is 0 Å². The Labute approximate surface area is 158 Å². The third kappa shape index (κ3) is 5.96. The lowest BCUT2D eigenvalue weighted by atomic mass is 9.95. The first-order valence-electron chi connectivity index (χ1n) is 8.94. The number of carbonyl (C=O) groups excluding carboxylic acids is 3. The smallest absolute Gasteiger partial charge is 0.410 e. The summed E-state index contributed by atoms with van der Waals surface area (Å²) in [6.07, 6.45) is -0.552. The minimum atomic E-state index is -1.10. The van der Waals surface area contributed by atoms with Gasteiger partial charge in [0, 0.05) is 19.0 Å². The molecular weight excluding hydrogens is 352 g/mol. The van der Waals surface area contributed by atoms with E-state index in [0.717, 1.165) is 5.56 Å². The van der Waals surface area contributed by atoms with Crippen molar-refractivity contribution in [3.8, 4) is 0 Å². The Balaban J connectivity index is 1.79. The number of methoxy groups -OCH3 is 1. The lowest BCUT2D eigenvalue weighted by molar-refractivity contribution is -0.148. The van der Waals surface area contributed by atoms with Gasteiger partial charge in [0.05, 0.1) is 13.2 Å². The molecule has 8 heteroatoms. The molecule has 0 saturated carbocycles. The Morgan fingerprint density at radius 1 is 1.22 bits per heavy atom. The number of benzene rings is 1. The van der Waals surface area contributed by atoms with Crippen LogP contribution in [0.4, 0.5) is 4.79 Å². The molecule has 1 fully saturated rings. The second-order valence-electron chi connectivity index (χ2n) is 6.55. The molecule has 2 N–H and O–H groups in total. The van der Waals surface area contributed by atoms with Crippen molar-refractivity contribution in [1.82, 2.24) is 10.2 Å². The molecule has 0 spiro atoms. The van der Waals surface area contributed by atoms with E-state index < -0.39 is 24.2 Å². The summed E-state index contributed by atoms with van der Waals surface area (Å²) in [6, 6.07) is 8.30. The minimum Gasteiger partial charge on any atom is -0.467 e. The number of piperidine rings is 1. The van der Waals surface area contributed by atoms with Gasteiger partial charge in [-0.25, -0.2) is 9.59 Å². The van der Waals surface area contributed by atoms with Crippen molar-refractivity contribution in [2.45, 2.75) is 38.5 Å². The number of aliphatic hydroxyl groups excluding tert-OH is 1. The normalized spacial score (nSPS) is 16.9. The molecule has 1 saturated heterocycles. The van der Waals surface area contributed by atoms with Crippen LogP contribution in [0.1, 0.15) is 25.3 Å². The van der Waals surface area contributed by atoms with Crippen molar-refractivity contribution in [3.63, 3.8) is 0 Å². The first kappa shape index (κ1) is 20.7. The van der Waals surface area contributed by atoms with Crippen LogP contribution in [-0.2, 0) is 25.7 Å². The molecule has 8 nitrogen and oxygen atoms in total. The maximum absolute atomic E-state index is 12.4. The Morgan fingerprint density at radius 2 is 1.85 bits per heavy atom. The predicted octanol–water partition coefficient (Wildman–Crippen LogP) is 1.07. The number of aliphatic hydroxyl groups is 1. The molecule has 0 bridgehead atoms. The zero-order chi connectivity index (χ0) is 19.8. The maximum Gasteiger partial charge on any atom is 0.410 e. The van der Waals surface area contributed by atoms with Crippen molar-refractivity contribution in [2.24, 2.45) is 5.92 Å². The Hall–Kier alpha value is -2.61. The second kappa shape index (κ2) is 9.91. The van der Waals surface area contributed by atoms with Gasteiger partial charge in [0.25, 0.3) is 0 Å². The molecular formula is C19H26N2O6. The van der Waals surface area contributed by atoms with Gasteiger partial charge in [0.1, 0.15) is 6.61 Å². The molecule has 1 heterocycles. The van der Waals surface area contributed by atoms with Gasteiger partial charge in [0.2, 0.25) is 5.91 Å². The van der Waals surface area contributed by atoms with Crippen LogP contribution in [0.5, 0.6) is 0 Å². The highest BCUT2D eigenvalue weighted by Gasteiger charge is 2.32. The lowest BCUT2D eigenvalue weighted by Crippen LogP contribution is -2.51. The fourth-order valence-electron chi connectivity index (χ4n) is 2.91. The van der Waals surface area contributed by atoms with Gasteiger partial charge in [-0.05, 0) is 25.3 Å². The number of hydrogen-bond donors (Lipinski definition) is 2. The largest absolute Gasteiger partial charge is 0.467 e. The molecule has 1 aliphatic heterocycles. The average Bonchev–Trinajstić information content (AvgIpc) is 2.70. The van der Waals surface area contributed by atoms with Crippen LogP contribution in [0.15, 0.2) is 30.3 Å². The fraction of sp³-hybridized carbons (Fsp3) is 0.526. The number of esters is 1. The highest BCUT2D eigenvalue weighted by atomic mass is 16.6. The average molecular weight is 378 g/mol. The molecule has 1 aliphatic rings. The SMILES string of the molecule is COC(=O)[C@H](NC(=O)C1CCN(C(=O)OCc2ccccc2)CC1)[C@@H](C)O. The molecule has 27 heavy (non-hydrogen) atoms. The van der Waals surface area contributed by atoms with E-state index in [1.807, 2.05) is 30.3 Å². The van der Waals surface area contributed by atoms with Crippen LogP contribution >= 0.6 is 0 Å². The molecule has 2 atom stereocenters. The monoisotopic (exact) mass is 378 g/mol. The van der Waals surface area contributed by atoms with Gasteiger partial charge < -0.3 is 24.8 Å². The van der Waals surface area contributed by atoms with Crippen molar-refractivity contribution in [2.75, 3.05) is 20.2 Å². The van der Waals surface area contributed by atoms with Gasteiger partial charge in [0.15, 0.2) is 6.04 Å². The van der Waals surface area contributed by atoms with Crippen LogP contribution < -0.4 is 5.32 Å². The highest BCUT2D eigenvalue weighted by Crippen LogP contribution is 2.19. The quantitative estimate of drug-likeness (QED) is 0.718.